The molecule has 1 fully saturated rings. The molecule has 4 rings (SSSR count). The number of phenolic OH excluding ortho intramolecular Hbond substituents is 1. The maximum atomic E-state index is 13.0. The Bertz CT molecular complexity index is 1440. The number of aliphatic hydroxyl groups is 1. The van der Waals surface area contributed by atoms with Crippen LogP contribution < -0.4 is 5.32 Å². The second-order valence-corrected chi connectivity index (χ2v) is 10.6. The Morgan fingerprint density at radius 3 is 2.65 bits per heavy atom. The molecular formula is C29H31ClN4O6. The summed E-state index contributed by atoms with van der Waals surface area (Å²) in [5, 5.41) is 27.4. The number of aromatic nitrogens is 2. The van der Waals surface area contributed by atoms with Crippen LogP contribution in [-0.4, -0.2) is 74.9 Å². The highest BCUT2D eigenvalue weighted by Gasteiger charge is 2.35. The average molecular weight is 567 g/mol. The van der Waals surface area contributed by atoms with Gasteiger partial charge < -0.3 is 25.0 Å². The van der Waals surface area contributed by atoms with Crippen molar-refractivity contribution >= 4 is 29.3 Å². The number of halogens is 1. The largest absolute Gasteiger partial charge is 0.507 e. The molecule has 11 heteroatoms. The molecule has 3 N–H and O–H groups in total. The third-order valence-corrected chi connectivity index (χ3v) is 6.09. The molecule has 0 bridgehead atoms. The fourth-order valence-corrected chi connectivity index (χ4v) is 4.16. The summed E-state index contributed by atoms with van der Waals surface area (Å²) < 4.78 is 12.4. The van der Waals surface area contributed by atoms with Gasteiger partial charge in [-0.05, 0) is 63.2 Å². The Morgan fingerprint density at radius 1 is 1.20 bits per heavy atom. The molecule has 1 unspecified atom stereocenters. The molecule has 210 valence electrons. The zero-order valence-electron chi connectivity index (χ0n) is 22.5. The summed E-state index contributed by atoms with van der Waals surface area (Å²) in [5.74, 6) is 5.76. The van der Waals surface area contributed by atoms with E-state index in [0.29, 0.717) is 39.7 Å². The second kappa shape index (κ2) is 12.4. The van der Waals surface area contributed by atoms with E-state index in [1.165, 1.54) is 11.0 Å². The number of aliphatic hydroxyl groups excluding tert-OH is 1. The van der Waals surface area contributed by atoms with E-state index >= 15 is 0 Å². The third-order valence-electron chi connectivity index (χ3n) is 5.86. The summed E-state index contributed by atoms with van der Waals surface area (Å²) >= 11 is 6.12. The minimum atomic E-state index is -0.820. The summed E-state index contributed by atoms with van der Waals surface area (Å²) in [5.41, 5.74) is 1.94. The van der Waals surface area contributed by atoms with E-state index in [4.69, 9.17) is 21.1 Å². The molecule has 1 saturated heterocycles. The molecule has 1 atom stereocenters. The van der Waals surface area contributed by atoms with Crippen LogP contribution in [0.3, 0.4) is 0 Å². The second-order valence-electron chi connectivity index (χ2n) is 10.1. The van der Waals surface area contributed by atoms with Crippen molar-refractivity contribution in [3.63, 3.8) is 0 Å². The number of rotatable bonds is 5. The van der Waals surface area contributed by atoms with Gasteiger partial charge in [-0.25, -0.2) is 4.79 Å². The van der Waals surface area contributed by atoms with E-state index in [2.05, 4.69) is 22.3 Å². The minimum Gasteiger partial charge on any atom is -0.507 e. The summed E-state index contributed by atoms with van der Waals surface area (Å²) in [6, 6.07) is 10.8. The van der Waals surface area contributed by atoms with E-state index in [9.17, 15) is 19.8 Å². The third kappa shape index (κ3) is 7.33. The summed E-state index contributed by atoms with van der Waals surface area (Å²) in [7, 11) is 0. The van der Waals surface area contributed by atoms with Crippen LogP contribution in [0, 0.1) is 11.8 Å². The van der Waals surface area contributed by atoms with Gasteiger partial charge in [-0.3, -0.25) is 14.4 Å². The predicted octanol–water partition coefficient (Wildman–Crippen LogP) is 3.88. The molecule has 2 heterocycles. The van der Waals surface area contributed by atoms with Crippen molar-refractivity contribution in [2.75, 3.05) is 31.7 Å². The predicted molar refractivity (Wildman–Crippen MR) is 150 cm³/mol. The van der Waals surface area contributed by atoms with E-state index in [0.717, 1.165) is 0 Å². The number of benzene rings is 2. The fourth-order valence-electron chi connectivity index (χ4n) is 3.99. The van der Waals surface area contributed by atoms with Crippen molar-refractivity contribution < 1.29 is 29.3 Å². The number of phenols is 1. The highest BCUT2D eigenvalue weighted by Crippen LogP contribution is 2.32. The van der Waals surface area contributed by atoms with E-state index in [1.807, 2.05) is 0 Å². The maximum Gasteiger partial charge on any atom is 0.411 e. The molecule has 0 radical (unpaired) electrons. The number of amides is 2. The first kappa shape index (κ1) is 29.0. The molecule has 1 aromatic heterocycles. The van der Waals surface area contributed by atoms with Crippen LogP contribution in [0.1, 0.15) is 31.9 Å². The fraction of sp³-hybridized carbons (Fsp3) is 0.345. The SMILES string of the molecule is CC(C)(C)OC(=O)N1CCOCC1C(=O)Nc1ccc(C#Cc2cn(CCO)nc2-c2cc(Cl)ccc2O)cc1. The Morgan fingerprint density at radius 2 is 1.95 bits per heavy atom. The molecule has 1 aliphatic heterocycles. The lowest BCUT2D eigenvalue weighted by Gasteiger charge is -2.35. The van der Waals surface area contributed by atoms with Crippen LogP contribution in [0.2, 0.25) is 5.02 Å². The first-order valence-corrected chi connectivity index (χ1v) is 13.1. The molecular weight excluding hydrogens is 536 g/mol. The number of aromatic hydroxyl groups is 1. The Kier molecular flexibility index (Phi) is 9.00. The number of nitrogens with zero attached hydrogens (tertiary/aromatic N) is 3. The summed E-state index contributed by atoms with van der Waals surface area (Å²) in [6.07, 6.45) is 1.13. The smallest absolute Gasteiger partial charge is 0.411 e. The van der Waals surface area contributed by atoms with Gasteiger partial charge in [-0.1, -0.05) is 23.4 Å². The molecule has 3 aromatic rings. The highest BCUT2D eigenvalue weighted by molar-refractivity contribution is 6.31. The van der Waals surface area contributed by atoms with Gasteiger partial charge in [-0.2, -0.15) is 5.10 Å². The van der Waals surface area contributed by atoms with Gasteiger partial charge in [0.05, 0.1) is 31.9 Å². The van der Waals surface area contributed by atoms with Gasteiger partial charge in [0.2, 0.25) is 5.91 Å². The first-order valence-electron chi connectivity index (χ1n) is 12.7. The van der Waals surface area contributed by atoms with Crippen LogP contribution in [0.25, 0.3) is 11.3 Å². The highest BCUT2D eigenvalue weighted by atomic mass is 35.5. The number of ether oxygens (including phenoxy) is 2. The number of hydrogen-bond donors (Lipinski definition) is 3. The lowest BCUT2D eigenvalue weighted by atomic mass is 10.1. The zero-order valence-corrected chi connectivity index (χ0v) is 23.2. The number of carbonyl (C=O) groups excluding carboxylic acids is 2. The quantitative estimate of drug-likeness (QED) is 0.400. The topological polar surface area (TPSA) is 126 Å². The molecule has 2 aromatic carbocycles. The first-order chi connectivity index (χ1) is 19.0. The van der Waals surface area contributed by atoms with Crippen molar-refractivity contribution in [3.8, 4) is 28.8 Å². The number of nitrogens with one attached hydrogen (secondary N) is 1. The molecule has 10 nitrogen and oxygen atoms in total. The maximum absolute atomic E-state index is 13.0. The lowest BCUT2D eigenvalue weighted by Crippen LogP contribution is -2.55. The Labute approximate surface area is 237 Å². The van der Waals surface area contributed by atoms with E-state index in [1.54, 1.807) is 68.0 Å². The van der Waals surface area contributed by atoms with Crippen LogP contribution in [0.15, 0.2) is 48.7 Å². The van der Waals surface area contributed by atoms with Crippen LogP contribution in [0.4, 0.5) is 10.5 Å². The van der Waals surface area contributed by atoms with Crippen molar-refractivity contribution in [3.05, 3.63) is 64.8 Å². The van der Waals surface area contributed by atoms with Gasteiger partial charge in [0.15, 0.2) is 0 Å². The molecule has 0 aliphatic carbocycles. The van der Waals surface area contributed by atoms with Crippen molar-refractivity contribution in [2.24, 2.45) is 0 Å². The van der Waals surface area contributed by atoms with Crippen LogP contribution in [-0.2, 0) is 20.8 Å². The number of anilines is 1. The van der Waals surface area contributed by atoms with E-state index in [-0.39, 0.29) is 38.0 Å². The van der Waals surface area contributed by atoms with E-state index < -0.39 is 17.7 Å². The molecule has 2 amide bonds. The monoisotopic (exact) mass is 566 g/mol. The standard InChI is InChI=1S/C29H31ClN4O6/c1-29(2,3)40-28(38)34-13-15-39-18-24(34)27(37)31-22-9-5-19(6-10-22)4-7-20-17-33(12-14-35)32-26(20)23-16-21(30)8-11-25(23)36/h5-6,8-11,16-17,24,35-36H,12-15,18H2,1-3H3,(H,31,37). The van der Waals surface area contributed by atoms with Crippen LogP contribution in [0.5, 0.6) is 5.75 Å². The van der Waals surface area contributed by atoms with Crippen molar-refractivity contribution in [1.82, 2.24) is 14.7 Å². The molecule has 0 spiro atoms. The van der Waals surface area contributed by atoms with Gasteiger partial charge >= 0.3 is 6.09 Å². The summed E-state index contributed by atoms with van der Waals surface area (Å²) in [4.78, 5) is 27.0. The zero-order chi connectivity index (χ0) is 28.9. The van der Waals surface area contributed by atoms with Gasteiger partial charge in [0.25, 0.3) is 0 Å². The van der Waals surface area contributed by atoms with Gasteiger partial charge in [0.1, 0.15) is 23.1 Å². The van der Waals surface area contributed by atoms with Crippen molar-refractivity contribution in [1.29, 1.82) is 0 Å². The average Bonchev–Trinajstić information content (AvgIpc) is 3.31. The number of carbonyl (C=O) groups is 2. The number of hydrogen-bond acceptors (Lipinski definition) is 7. The molecule has 0 saturated carbocycles. The Hall–Kier alpha value is -4.04. The molecule has 1 aliphatic rings. The van der Waals surface area contributed by atoms with Crippen molar-refractivity contribution in [2.45, 2.75) is 39.0 Å². The van der Waals surface area contributed by atoms with Gasteiger partial charge in [-0.15, -0.1) is 0 Å². The number of morpholine rings is 1. The summed E-state index contributed by atoms with van der Waals surface area (Å²) in [6.45, 7) is 6.13. The lowest BCUT2D eigenvalue weighted by molar-refractivity contribution is -0.127. The molecule has 40 heavy (non-hydrogen) atoms. The van der Waals surface area contributed by atoms with Gasteiger partial charge in [0, 0.05) is 34.6 Å². The van der Waals surface area contributed by atoms with Crippen LogP contribution >= 0.6 is 11.6 Å². The Balaban J connectivity index is 1.49. The normalized spacial score (nSPS) is 15.2. The minimum absolute atomic E-state index is 0.00962.